The van der Waals surface area contributed by atoms with Crippen LogP contribution >= 0.6 is 11.9 Å². The van der Waals surface area contributed by atoms with Crippen LogP contribution in [0.15, 0.2) is 47.6 Å². The number of rotatable bonds is 5. The van der Waals surface area contributed by atoms with Gasteiger partial charge in [-0.05, 0) is 48.7 Å². The van der Waals surface area contributed by atoms with Crippen LogP contribution < -0.4 is 4.72 Å². The maximum Gasteiger partial charge on any atom is 0.338 e. The summed E-state index contributed by atoms with van der Waals surface area (Å²) < 4.78 is 15.9. The van der Waals surface area contributed by atoms with Crippen molar-refractivity contribution in [2.75, 3.05) is 0 Å². The van der Waals surface area contributed by atoms with E-state index in [1.54, 1.807) is 24.4 Å². The highest BCUT2D eigenvalue weighted by atomic mass is 32.2. The number of carboxylic acid groups (broad SMARTS) is 1. The quantitative estimate of drug-likeness (QED) is 0.828. The standard InChI is InChI=1S/C14H13FN2O2S/c1-9(10-4-6-11(15)7-5-10)17-20-13-12(14(18)19)3-2-8-16-13/h2-9,17H,1H3,(H,18,19). The topological polar surface area (TPSA) is 62.2 Å². The van der Waals surface area contributed by atoms with Gasteiger partial charge in [-0.25, -0.2) is 14.2 Å². The van der Waals surface area contributed by atoms with Crippen LogP contribution in [-0.4, -0.2) is 16.1 Å². The molecule has 1 unspecified atom stereocenters. The summed E-state index contributed by atoms with van der Waals surface area (Å²) in [6.45, 7) is 1.91. The Morgan fingerprint density at radius 2 is 2.05 bits per heavy atom. The maximum absolute atomic E-state index is 12.8. The molecule has 0 saturated carbocycles. The average molecular weight is 292 g/mol. The van der Waals surface area contributed by atoms with E-state index in [2.05, 4.69) is 9.71 Å². The summed E-state index contributed by atoms with van der Waals surface area (Å²) in [6, 6.07) is 9.17. The Hall–Kier alpha value is -1.92. The highest BCUT2D eigenvalue weighted by Gasteiger charge is 2.13. The molecule has 0 saturated heterocycles. The second kappa shape index (κ2) is 6.49. The molecule has 2 aromatic rings. The van der Waals surface area contributed by atoms with Crippen molar-refractivity contribution < 1.29 is 14.3 Å². The van der Waals surface area contributed by atoms with E-state index in [0.717, 1.165) is 17.5 Å². The highest BCUT2D eigenvalue weighted by Crippen LogP contribution is 2.22. The van der Waals surface area contributed by atoms with E-state index >= 15 is 0 Å². The van der Waals surface area contributed by atoms with Crippen molar-refractivity contribution in [1.29, 1.82) is 0 Å². The molecule has 0 aliphatic carbocycles. The number of benzene rings is 1. The van der Waals surface area contributed by atoms with E-state index in [-0.39, 0.29) is 17.4 Å². The molecule has 1 heterocycles. The molecule has 2 N–H and O–H groups in total. The van der Waals surface area contributed by atoms with E-state index < -0.39 is 5.97 Å². The Bertz CT molecular complexity index is 604. The first-order chi connectivity index (χ1) is 9.58. The van der Waals surface area contributed by atoms with Crippen molar-refractivity contribution in [3.05, 3.63) is 59.5 Å². The third-order valence-electron chi connectivity index (χ3n) is 2.70. The van der Waals surface area contributed by atoms with Gasteiger partial charge >= 0.3 is 5.97 Å². The van der Waals surface area contributed by atoms with E-state index in [1.165, 1.54) is 18.2 Å². The Morgan fingerprint density at radius 3 is 2.70 bits per heavy atom. The molecule has 0 aliphatic heterocycles. The third kappa shape index (κ3) is 3.55. The Kier molecular flexibility index (Phi) is 4.70. The first kappa shape index (κ1) is 14.5. The van der Waals surface area contributed by atoms with Gasteiger partial charge in [-0.1, -0.05) is 12.1 Å². The van der Waals surface area contributed by atoms with E-state index in [1.807, 2.05) is 6.92 Å². The minimum absolute atomic E-state index is 0.0655. The smallest absolute Gasteiger partial charge is 0.338 e. The van der Waals surface area contributed by atoms with Crippen LogP contribution in [0, 0.1) is 5.82 Å². The normalized spacial score (nSPS) is 12.1. The van der Waals surface area contributed by atoms with Crippen LogP contribution in [0.2, 0.25) is 0 Å². The number of pyridine rings is 1. The van der Waals surface area contributed by atoms with Crippen LogP contribution in [0.5, 0.6) is 0 Å². The van der Waals surface area contributed by atoms with Gasteiger partial charge in [0, 0.05) is 12.2 Å². The Morgan fingerprint density at radius 1 is 1.35 bits per heavy atom. The maximum atomic E-state index is 12.8. The summed E-state index contributed by atoms with van der Waals surface area (Å²) in [4.78, 5) is 15.1. The molecule has 6 heteroatoms. The van der Waals surface area contributed by atoms with Crippen molar-refractivity contribution in [1.82, 2.24) is 9.71 Å². The lowest BCUT2D eigenvalue weighted by Gasteiger charge is -2.13. The van der Waals surface area contributed by atoms with Gasteiger partial charge in [0.2, 0.25) is 0 Å². The Labute approximate surface area is 120 Å². The fourth-order valence-electron chi connectivity index (χ4n) is 1.60. The van der Waals surface area contributed by atoms with Crippen LogP contribution in [0.25, 0.3) is 0 Å². The van der Waals surface area contributed by atoms with Crippen molar-refractivity contribution in [3.63, 3.8) is 0 Å². The molecule has 0 aliphatic rings. The van der Waals surface area contributed by atoms with Crippen molar-refractivity contribution in [3.8, 4) is 0 Å². The fourth-order valence-corrected chi connectivity index (χ4v) is 2.40. The molecule has 0 fully saturated rings. The molecule has 20 heavy (non-hydrogen) atoms. The number of aromatic nitrogens is 1. The number of nitrogens with one attached hydrogen (secondary N) is 1. The lowest BCUT2D eigenvalue weighted by Crippen LogP contribution is -2.12. The predicted molar refractivity (Wildman–Crippen MR) is 75.0 cm³/mol. The molecule has 1 atom stereocenters. The number of aromatic carboxylic acids is 1. The van der Waals surface area contributed by atoms with Crippen molar-refractivity contribution >= 4 is 17.9 Å². The Balaban J connectivity index is 2.05. The largest absolute Gasteiger partial charge is 0.478 e. The molecule has 1 aromatic heterocycles. The minimum Gasteiger partial charge on any atom is -0.478 e. The second-order valence-corrected chi connectivity index (χ2v) is 4.98. The summed E-state index contributed by atoms with van der Waals surface area (Å²) in [5.41, 5.74) is 1.06. The number of hydrogen-bond donors (Lipinski definition) is 2. The molecule has 2 rings (SSSR count). The van der Waals surface area contributed by atoms with Crippen LogP contribution in [0.3, 0.4) is 0 Å². The summed E-state index contributed by atoms with van der Waals surface area (Å²) in [5.74, 6) is -1.30. The van der Waals surface area contributed by atoms with Gasteiger partial charge in [-0.15, -0.1) is 0 Å². The van der Waals surface area contributed by atoms with Crippen LogP contribution in [0.4, 0.5) is 4.39 Å². The lowest BCUT2D eigenvalue weighted by molar-refractivity contribution is 0.0692. The van der Waals surface area contributed by atoms with Gasteiger partial charge in [0.25, 0.3) is 0 Å². The lowest BCUT2D eigenvalue weighted by atomic mass is 10.1. The van der Waals surface area contributed by atoms with Gasteiger partial charge < -0.3 is 5.11 Å². The molecule has 0 spiro atoms. The minimum atomic E-state index is -1.02. The van der Waals surface area contributed by atoms with Crippen molar-refractivity contribution in [2.45, 2.75) is 18.0 Å². The summed E-state index contributed by atoms with van der Waals surface area (Å²) in [6.07, 6.45) is 1.54. The molecular formula is C14H13FN2O2S. The number of carboxylic acids is 1. The highest BCUT2D eigenvalue weighted by molar-refractivity contribution is 7.97. The van der Waals surface area contributed by atoms with E-state index in [4.69, 9.17) is 5.11 Å². The third-order valence-corrected chi connectivity index (χ3v) is 3.69. The molecule has 4 nitrogen and oxygen atoms in total. The van der Waals surface area contributed by atoms with Gasteiger partial charge in [-0.3, -0.25) is 4.72 Å². The number of nitrogens with zero attached hydrogens (tertiary/aromatic N) is 1. The predicted octanol–water partition coefficient (Wildman–Crippen LogP) is 3.28. The molecular weight excluding hydrogens is 279 g/mol. The summed E-state index contributed by atoms with van der Waals surface area (Å²) in [7, 11) is 0. The van der Waals surface area contributed by atoms with Gasteiger partial charge in [-0.2, -0.15) is 0 Å². The number of carbonyl (C=O) groups is 1. The van der Waals surface area contributed by atoms with Crippen LogP contribution in [0.1, 0.15) is 28.9 Å². The SMILES string of the molecule is CC(NSc1ncccc1C(=O)O)c1ccc(F)cc1. The fraction of sp³-hybridized carbons (Fsp3) is 0.143. The zero-order valence-corrected chi connectivity index (χ0v) is 11.5. The molecule has 0 bridgehead atoms. The summed E-state index contributed by atoms with van der Waals surface area (Å²) in [5, 5.41) is 9.45. The monoisotopic (exact) mass is 292 g/mol. The first-order valence-electron chi connectivity index (χ1n) is 5.94. The summed E-state index contributed by atoms with van der Waals surface area (Å²) >= 11 is 1.15. The number of halogens is 1. The molecule has 1 aromatic carbocycles. The first-order valence-corrected chi connectivity index (χ1v) is 6.75. The van der Waals surface area contributed by atoms with Crippen molar-refractivity contribution in [2.24, 2.45) is 0 Å². The zero-order chi connectivity index (χ0) is 14.5. The molecule has 104 valence electrons. The van der Waals surface area contributed by atoms with Gasteiger partial charge in [0.1, 0.15) is 10.8 Å². The number of hydrogen-bond acceptors (Lipinski definition) is 4. The molecule has 0 radical (unpaired) electrons. The van der Waals surface area contributed by atoms with Gasteiger partial charge in [0.15, 0.2) is 0 Å². The second-order valence-electron chi connectivity index (χ2n) is 4.15. The van der Waals surface area contributed by atoms with E-state index in [0.29, 0.717) is 5.03 Å². The molecule has 0 amide bonds. The van der Waals surface area contributed by atoms with E-state index in [9.17, 15) is 9.18 Å². The zero-order valence-electron chi connectivity index (χ0n) is 10.7. The van der Waals surface area contributed by atoms with Crippen LogP contribution in [-0.2, 0) is 0 Å². The van der Waals surface area contributed by atoms with Gasteiger partial charge in [0.05, 0.1) is 5.56 Å². The average Bonchev–Trinajstić information content (AvgIpc) is 2.45.